The van der Waals surface area contributed by atoms with Gasteiger partial charge < -0.3 is 15.2 Å². The third-order valence-electron chi connectivity index (χ3n) is 2.91. The number of nitrogens with zero attached hydrogens (tertiary/aromatic N) is 1. The van der Waals surface area contributed by atoms with E-state index in [9.17, 15) is 0 Å². The summed E-state index contributed by atoms with van der Waals surface area (Å²) in [6.45, 7) is 10.3. The first kappa shape index (κ1) is 16.9. The number of nitrogens with two attached hydrogens (primary N) is 1. The highest BCUT2D eigenvalue weighted by Crippen LogP contribution is 2.18. The molecule has 114 valence electrons. The van der Waals surface area contributed by atoms with Crippen LogP contribution in [0.2, 0.25) is 0 Å². The maximum absolute atomic E-state index is 5.85. The number of hydrogen-bond donors (Lipinski definition) is 1. The predicted octanol–water partition coefficient (Wildman–Crippen LogP) is 2.72. The van der Waals surface area contributed by atoms with Crippen molar-refractivity contribution in [1.29, 1.82) is 0 Å². The Labute approximate surface area is 122 Å². The van der Waals surface area contributed by atoms with Gasteiger partial charge in [0.25, 0.3) is 0 Å². The Bertz CT molecular complexity index is 392. The van der Waals surface area contributed by atoms with Crippen molar-refractivity contribution in [3.8, 4) is 5.75 Å². The molecule has 1 unspecified atom stereocenters. The maximum atomic E-state index is 5.85. The number of aryl methyl sites for hydroxylation is 1. The largest absolute Gasteiger partial charge is 0.489 e. The Kier molecular flexibility index (Phi) is 7.55. The van der Waals surface area contributed by atoms with Gasteiger partial charge in [-0.05, 0) is 38.3 Å². The lowest BCUT2D eigenvalue weighted by molar-refractivity contribution is 0.0921. The summed E-state index contributed by atoms with van der Waals surface area (Å²) in [6.07, 6.45) is 1.81. The van der Waals surface area contributed by atoms with Gasteiger partial charge in [-0.2, -0.15) is 0 Å². The van der Waals surface area contributed by atoms with Gasteiger partial charge in [0.05, 0.1) is 12.3 Å². The number of pyridine rings is 1. The van der Waals surface area contributed by atoms with Gasteiger partial charge in [0.1, 0.15) is 12.4 Å². The standard InChI is InChI=1S/C16H28N2O2/c1-12(2)7-8-19-9-10-20-16-6-5-14(4)18-15(16)11-13(3)17/h5-6,12-13H,7-11,17H2,1-4H3. The highest BCUT2D eigenvalue weighted by atomic mass is 16.5. The Morgan fingerprint density at radius 3 is 2.55 bits per heavy atom. The lowest BCUT2D eigenvalue weighted by atomic mass is 10.1. The van der Waals surface area contributed by atoms with Gasteiger partial charge in [0, 0.05) is 24.8 Å². The lowest BCUT2D eigenvalue weighted by Crippen LogP contribution is -2.20. The monoisotopic (exact) mass is 280 g/mol. The molecule has 1 aromatic heterocycles. The normalized spacial score (nSPS) is 12.7. The fraction of sp³-hybridized carbons (Fsp3) is 0.688. The minimum Gasteiger partial charge on any atom is -0.489 e. The van der Waals surface area contributed by atoms with Crippen LogP contribution in [-0.2, 0) is 11.2 Å². The van der Waals surface area contributed by atoms with E-state index in [0.29, 0.717) is 19.1 Å². The van der Waals surface area contributed by atoms with Crippen molar-refractivity contribution >= 4 is 0 Å². The molecule has 0 saturated carbocycles. The summed E-state index contributed by atoms with van der Waals surface area (Å²) in [5.74, 6) is 1.50. The van der Waals surface area contributed by atoms with Crippen molar-refractivity contribution in [3.05, 3.63) is 23.5 Å². The zero-order valence-electron chi connectivity index (χ0n) is 13.2. The Hall–Kier alpha value is -1.13. The van der Waals surface area contributed by atoms with Crippen molar-refractivity contribution in [2.24, 2.45) is 11.7 Å². The molecule has 1 rings (SSSR count). The number of ether oxygens (including phenoxy) is 2. The van der Waals surface area contributed by atoms with E-state index in [1.807, 2.05) is 26.0 Å². The molecule has 0 saturated heterocycles. The van der Waals surface area contributed by atoms with E-state index in [4.69, 9.17) is 15.2 Å². The van der Waals surface area contributed by atoms with Gasteiger partial charge in [0.15, 0.2) is 0 Å². The topological polar surface area (TPSA) is 57.4 Å². The quantitative estimate of drug-likeness (QED) is 0.707. The van der Waals surface area contributed by atoms with Crippen LogP contribution in [0.25, 0.3) is 0 Å². The van der Waals surface area contributed by atoms with Crippen LogP contribution in [-0.4, -0.2) is 30.8 Å². The molecule has 0 amide bonds. The predicted molar refractivity (Wildman–Crippen MR) is 82.1 cm³/mol. The summed E-state index contributed by atoms with van der Waals surface area (Å²) in [5, 5.41) is 0. The first-order chi connectivity index (χ1) is 9.49. The summed E-state index contributed by atoms with van der Waals surface area (Å²) in [5.41, 5.74) is 7.77. The van der Waals surface area contributed by atoms with Gasteiger partial charge in [0.2, 0.25) is 0 Å². The van der Waals surface area contributed by atoms with Crippen LogP contribution in [0.1, 0.15) is 38.6 Å². The van der Waals surface area contributed by atoms with Gasteiger partial charge in [-0.3, -0.25) is 4.98 Å². The Balaban J connectivity index is 2.39. The molecule has 0 aliphatic carbocycles. The molecule has 1 atom stereocenters. The van der Waals surface area contributed by atoms with E-state index in [1.54, 1.807) is 0 Å². The zero-order valence-corrected chi connectivity index (χ0v) is 13.2. The van der Waals surface area contributed by atoms with Crippen molar-refractivity contribution in [1.82, 2.24) is 4.98 Å². The van der Waals surface area contributed by atoms with Crippen molar-refractivity contribution in [2.45, 2.75) is 46.6 Å². The fourth-order valence-electron chi connectivity index (χ4n) is 1.81. The van der Waals surface area contributed by atoms with Crippen LogP contribution < -0.4 is 10.5 Å². The molecule has 0 radical (unpaired) electrons. The van der Waals surface area contributed by atoms with Gasteiger partial charge in [-0.1, -0.05) is 13.8 Å². The summed E-state index contributed by atoms with van der Waals surface area (Å²) in [6, 6.07) is 4.00. The van der Waals surface area contributed by atoms with E-state index in [-0.39, 0.29) is 6.04 Å². The number of hydrogen-bond acceptors (Lipinski definition) is 4. The molecule has 0 aliphatic rings. The zero-order chi connectivity index (χ0) is 15.0. The first-order valence-corrected chi connectivity index (χ1v) is 7.41. The van der Waals surface area contributed by atoms with Gasteiger partial charge in [-0.25, -0.2) is 0 Å². The van der Waals surface area contributed by atoms with Gasteiger partial charge >= 0.3 is 0 Å². The SMILES string of the molecule is Cc1ccc(OCCOCCC(C)C)c(CC(C)N)n1. The van der Waals surface area contributed by atoms with Crippen molar-refractivity contribution in [3.63, 3.8) is 0 Å². The van der Waals surface area contributed by atoms with E-state index in [0.717, 1.165) is 36.6 Å². The summed E-state index contributed by atoms with van der Waals surface area (Å²) < 4.78 is 11.3. The lowest BCUT2D eigenvalue weighted by Gasteiger charge is -2.13. The molecule has 4 nitrogen and oxygen atoms in total. The van der Waals surface area contributed by atoms with Crippen LogP contribution in [0.5, 0.6) is 5.75 Å². The Morgan fingerprint density at radius 2 is 1.90 bits per heavy atom. The molecule has 20 heavy (non-hydrogen) atoms. The molecule has 0 aromatic carbocycles. The second kappa shape index (κ2) is 8.93. The smallest absolute Gasteiger partial charge is 0.140 e. The second-order valence-electron chi connectivity index (χ2n) is 5.72. The minimum absolute atomic E-state index is 0.0777. The highest BCUT2D eigenvalue weighted by molar-refractivity contribution is 5.29. The third kappa shape index (κ3) is 6.87. The Morgan fingerprint density at radius 1 is 1.15 bits per heavy atom. The van der Waals surface area contributed by atoms with E-state index >= 15 is 0 Å². The van der Waals surface area contributed by atoms with Crippen LogP contribution >= 0.6 is 0 Å². The molecule has 2 N–H and O–H groups in total. The van der Waals surface area contributed by atoms with E-state index in [1.165, 1.54) is 0 Å². The maximum Gasteiger partial charge on any atom is 0.140 e. The molecular weight excluding hydrogens is 252 g/mol. The van der Waals surface area contributed by atoms with E-state index < -0.39 is 0 Å². The molecule has 0 bridgehead atoms. The van der Waals surface area contributed by atoms with Crippen molar-refractivity contribution < 1.29 is 9.47 Å². The fourth-order valence-corrected chi connectivity index (χ4v) is 1.81. The van der Waals surface area contributed by atoms with Crippen LogP contribution in [0.3, 0.4) is 0 Å². The molecule has 0 fully saturated rings. The van der Waals surface area contributed by atoms with Crippen LogP contribution in [0.4, 0.5) is 0 Å². The molecular formula is C16H28N2O2. The molecule has 4 heteroatoms. The average molecular weight is 280 g/mol. The van der Waals surface area contributed by atoms with Crippen molar-refractivity contribution in [2.75, 3.05) is 19.8 Å². The van der Waals surface area contributed by atoms with Crippen LogP contribution in [0, 0.1) is 12.8 Å². The molecule has 0 aliphatic heterocycles. The number of rotatable bonds is 9. The minimum atomic E-state index is 0.0777. The highest BCUT2D eigenvalue weighted by Gasteiger charge is 2.08. The summed E-state index contributed by atoms with van der Waals surface area (Å²) in [4.78, 5) is 4.51. The molecule has 0 spiro atoms. The average Bonchev–Trinajstić information content (AvgIpc) is 2.34. The van der Waals surface area contributed by atoms with Crippen LogP contribution in [0.15, 0.2) is 12.1 Å². The third-order valence-corrected chi connectivity index (χ3v) is 2.91. The molecule has 1 heterocycles. The van der Waals surface area contributed by atoms with Gasteiger partial charge in [-0.15, -0.1) is 0 Å². The van der Waals surface area contributed by atoms with E-state index in [2.05, 4.69) is 18.8 Å². The second-order valence-corrected chi connectivity index (χ2v) is 5.72. The molecule has 1 aromatic rings. The number of aromatic nitrogens is 1. The summed E-state index contributed by atoms with van der Waals surface area (Å²) in [7, 11) is 0. The summed E-state index contributed by atoms with van der Waals surface area (Å²) >= 11 is 0. The first-order valence-electron chi connectivity index (χ1n) is 7.41.